The lowest BCUT2D eigenvalue weighted by Gasteiger charge is -2.68. The van der Waals surface area contributed by atoms with Crippen molar-refractivity contribution in [2.45, 2.75) is 81.5 Å². The predicted octanol–water partition coefficient (Wildman–Crippen LogP) is 2.37. The third kappa shape index (κ3) is 4.32. The van der Waals surface area contributed by atoms with Crippen molar-refractivity contribution in [2.75, 3.05) is 32.7 Å². The predicted molar refractivity (Wildman–Crippen MR) is 122 cm³/mol. The molecule has 0 aromatic rings. The Morgan fingerprint density at radius 2 is 1.83 bits per heavy atom. The molecule has 0 bridgehead atoms. The molecule has 11 heteroatoms. The molecule has 35 heavy (non-hydrogen) atoms. The van der Waals surface area contributed by atoms with Gasteiger partial charge in [0, 0.05) is 49.8 Å². The van der Waals surface area contributed by atoms with Crippen LogP contribution in [0.1, 0.15) is 51.9 Å². The fourth-order valence-corrected chi connectivity index (χ4v) is 7.45. The number of carbonyl (C=O) groups excluding carboxylic acids is 3. The highest BCUT2D eigenvalue weighted by molar-refractivity contribution is 6.20. The first-order valence-corrected chi connectivity index (χ1v) is 13.1. The Kier molecular flexibility index (Phi) is 6.52. The molecule has 3 unspecified atom stereocenters. The minimum absolute atomic E-state index is 0.0146. The summed E-state index contributed by atoms with van der Waals surface area (Å²) < 4.78 is 41.2. The average Bonchev–Trinajstić information content (AvgIpc) is 2.74. The fraction of sp³-hybridized carbons (Fsp3) is 0.875. The van der Waals surface area contributed by atoms with Crippen LogP contribution in [0.5, 0.6) is 0 Å². The van der Waals surface area contributed by atoms with Gasteiger partial charge in [0.1, 0.15) is 24.4 Å². The number of piperidine rings is 1. The molecule has 3 heterocycles. The number of alkyl halides is 4. The van der Waals surface area contributed by atoms with Crippen LogP contribution < -0.4 is 5.32 Å². The number of likely N-dealkylation sites (tertiary alicyclic amines) is 1. The van der Waals surface area contributed by atoms with Gasteiger partial charge in [-0.2, -0.15) is 0 Å². The van der Waals surface area contributed by atoms with Crippen LogP contribution in [-0.2, 0) is 14.4 Å². The van der Waals surface area contributed by atoms with Crippen LogP contribution in [0.15, 0.2) is 0 Å². The Morgan fingerprint density at radius 1 is 1.17 bits per heavy atom. The van der Waals surface area contributed by atoms with Crippen molar-refractivity contribution in [2.24, 2.45) is 17.3 Å². The van der Waals surface area contributed by atoms with Crippen molar-refractivity contribution in [3.8, 4) is 0 Å². The third-order valence-electron chi connectivity index (χ3n) is 9.01. The number of piperazine rings is 1. The topological polar surface area (TPSA) is 73.0 Å². The Bertz CT molecular complexity index is 870. The van der Waals surface area contributed by atoms with Gasteiger partial charge < -0.3 is 14.7 Å². The molecule has 0 radical (unpaired) electrons. The van der Waals surface area contributed by atoms with Crippen LogP contribution in [0.4, 0.5) is 13.2 Å². The molecule has 5 fully saturated rings. The van der Waals surface area contributed by atoms with Crippen LogP contribution in [0, 0.1) is 17.3 Å². The van der Waals surface area contributed by atoms with Gasteiger partial charge in [0.2, 0.25) is 24.1 Å². The van der Waals surface area contributed by atoms with Gasteiger partial charge in [0.05, 0.1) is 0 Å². The van der Waals surface area contributed by atoms with Crippen molar-refractivity contribution in [1.29, 1.82) is 0 Å². The van der Waals surface area contributed by atoms with Gasteiger partial charge in [0.25, 0.3) is 0 Å². The van der Waals surface area contributed by atoms with E-state index in [2.05, 4.69) is 5.32 Å². The van der Waals surface area contributed by atoms with Gasteiger partial charge in [0.15, 0.2) is 0 Å². The van der Waals surface area contributed by atoms with E-state index in [1.54, 1.807) is 9.80 Å². The molecule has 0 aromatic heterocycles. The average molecular weight is 519 g/mol. The lowest BCUT2D eigenvalue weighted by molar-refractivity contribution is -0.207. The Labute approximate surface area is 208 Å². The zero-order chi connectivity index (χ0) is 25.1. The van der Waals surface area contributed by atoms with Crippen molar-refractivity contribution >= 4 is 29.3 Å². The molecule has 2 spiro atoms. The van der Waals surface area contributed by atoms with Gasteiger partial charge in [-0.25, -0.2) is 13.2 Å². The minimum Gasteiger partial charge on any atom is -0.342 e. The lowest BCUT2D eigenvalue weighted by Crippen LogP contribution is -2.82. The Balaban J connectivity index is 1.35. The van der Waals surface area contributed by atoms with Gasteiger partial charge in [-0.3, -0.25) is 19.7 Å². The standard InChI is InChI=1S/C24H34ClF3N4O3/c1-14(33)30-12-23(13-30)10-24(11-23)22(35)31(21-18(26)6-17(25)7-29-21)9-19(34)32(24)8-15-2-4-16(5-3-15)20(27)28/h15-18,20-21,29H,2-13H2,1H3. The molecule has 3 amide bonds. The molecule has 2 aliphatic carbocycles. The van der Waals surface area contributed by atoms with Gasteiger partial charge in [-0.1, -0.05) is 0 Å². The van der Waals surface area contributed by atoms with Crippen molar-refractivity contribution in [3.63, 3.8) is 0 Å². The van der Waals surface area contributed by atoms with Crippen molar-refractivity contribution < 1.29 is 27.6 Å². The first-order chi connectivity index (χ1) is 16.5. The van der Waals surface area contributed by atoms with E-state index < -0.39 is 30.2 Å². The summed E-state index contributed by atoms with van der Waals surface area (Å²) in [6.45, 7) is 3.14. The highest BCUT2D eigenvalue weighted by Gasteiger charge is 2.69. The Hall–Kier alpha value is -1.55. The summed E-state index contributed by atoms with van der Waals surface area (Å²) in [4.78, 5) is 43.9. The quantitative estimate of drug-likeness (QED) is 0.580. The summed E-state index contributed by atoms with van der Waals surface area (Å²) in [5.41, 5.74) is -1.26. The van der Waals surface area contributed by atoms with E-state index >= 15 is 0 Å². The SMILES string of the molecule is CC(=O)N1CC2(C1)CC1(C2)C(=O)N(C2NCC(Cl)CC2F)CC(=O)N1CC1CCC(C(F)F)CC1. The molecule has 0 aromatic carbocycles. The molecule has 196 valence electrons. The van der Waals surface area contributed by atoms with E-state index in [1.807, 2.05) is 0 Å². The second-order valence-electron chi connectivity index (χ2n) is 11.5. The minimum atomic E-state index is -2.33. The lowest BCUT2D eigenvalue weighted by atomic mass is 9.51. The maximum atomic E-state index is 14.9. The number of rotatable bonds is 4. The Morgan fingerprint density at radius 3 is 2.40 bits per heavy atom. The summed E-state index contributed by atoms with van der Waals surface area (Å²) in [6.07, 6.45) is -1.55. The van der Waals surface area contributed by atoms with E-state index in [4.69, 9.17) is 11.6 Å². The molecule has 1 N–H and O–H groups in total. The monoisotopic (exact) mass is 518 g/mol. The normalized spacial score (nSPS) is 36.5. The smallest absolute Gasteiger partial charge is 0.250 e. The number of nitrogens with one attached hydrogen (secondary N) is 1. The largest absolute Gasteiger partial charge is 0.342 e. The van der Waals surface area contributed by atoms with E-state index in [0.29, 0.717) is 64.7 Å². The van der Waals surface area contributed by atoms with Crippen LogP contribution in [0.3, 0.4) is 0 Å². The van der Waals surface area contributed by atoms with Gasteiger partial charge in [-0.05, 0) is 50.9 Å². The van der Waals surface area contributed by atoms with Gasteiger partial charge in [-0.15, -0.1) is 11.6 Å². The summed E-state index contributed by atoms with van der Waals surface area (Å²) >= 11 is 6.08. The number of carbonyl (C=O) groups is 3. The first kappa shape index (κ1) is 25.1. The number of nitrogens with zero attached hydrogens (tertiary/aromatic N) is 3. The molecule has 3 atom stereocenters. The number of amides is 3. The summed E-state index contributed by atoms with van der Waals surface area (Å²) in [7, 11) is 0. The molecule has 5 aliphatic rings. The zero-order valence-electron chi connectivity index (χ0n) is 20.0. The number of halogens is 4. The second-order valence-corrected chi connectivity index (χ2v) is 12.1. The molecular formula is C24H34ClF3N4O3. The van der Waals surface area contributed by atoms with Crippen LogP contribution >= 0.6 is 11.6 Å². The third-order valence-corrected chi connectivity index (χ3v) is 9.34. The van der Waals surface area contributed by atoms with E-state index in [0.717, 1.165) is 0 Å². The van der Waals surface area contributed by atoms with Crippen molar-refractivity contribution in [1.82, 2.24) is 20.0 Å². The molecule has 5 rings (SSSR count). The van der Waals surface area contributed by atoms with Crippen molar-refractivity contribution in [3.05, 3.63) is 0 Å². The van der Waals surface area contributed by atoms with Gasteiger partial charge >= 0.3 is 0 Å². The highest BCUT2D eigenvalue weighted by Crippen LogP contribution is 2.58. The highest BCUT2D eigenvalue weighted by atomic mass is 35.5. The van der Waals surface area contributed by atoms with E-state index in [9.17, 15) is 27.6 Å². The summed E-state index contributed by atoms with van der Waals surface area (Å²) in [5, 5.41) is 2.64. The van der Waals surface area contributed by atoms with Crippen LogP contribution in [0.25, 0.3) is 0 Å². The van der Waals surface area contributed by atoms with E-state index in [-0.39, 0.29) is 47.4 Å². The number of hydrogen-bond donors (Lipinski definition) is 1. The maximum absolute atomic E-state index is 14.9. The molecule has 3 saturated heterocycles. The summed E-state index contributed by atoms with van der Waals surface area (Å²) in [6, 6.07) is 0. The molecule has 7 nitrogen and oxygen atoms in total. The zero-order valence-corrected chi connectivity index (χ0v) is 20.8. The molecule has 3 aliphatic heterocycles. The molecule has 2 saturated carbocycles. The molecular weight excluding hydrogens is 485 g/mol. The number of hydrogen-bond acceptors (Lipinski definition) is 4. The maximum Gasteiger partial charge on any atom is 0.250 e. The van der Waals surface area contributed by atoms with E-state index in [1.165, 1.54) is 11.8 Å². The van der Waals surface area contributed by atoms with Crippen LogP contribution in [-0.4, -0.2) is 94.8 Å². The fourth-order valence-electron chi connectivity index (χ4n) is 7.19. The summed E-state index contributed by atoms with van der Waals surface area (Å²) in [5.74, 6) is -1.02. The first-order valence-electron chi connectivity index (χ1n) is 12.7. The van der Waals surface area contributed by atoms with Crippen LogP contribution in [0.2, 0.25) is 0 Å². The second kappa shape index (κ2) is 9.08.